The summed E-state index contributed by atoms with van der Waals surface area (Å²) in [6, 6.07) is 8.98. The van der Waals surface area contributed by atoms with Gasteiger partial charge in [0, 0.05) is 5.56 Å². The predicted octanol–water partition coefficient (Wildman–Crippen LogP) is 3.74. The highest BCUT2D eigenvalue weighted by Gasteiger charge is 1.97. The maximum absolute atomic E-state index is 11.4. The number of carbonyl (C=O) groups is 1. The van der Waals surface area contributed by atoms with Crippen LogP contribution in [0.15, 0.2) is 53.1 Å². The van der Waals surface area contributed by atoms with Crippen LogP contribution in [0.2, 0.25) is 0 Å². The van der Waals surface area contributed by atoms with Crippen LogP contribution >= 0.6 is 23.2 Å². The zero-order valence-corrected chi connectivity index (χ0v) is 8.79. The molecule has 72 valence electrons. The van der Waals surface area contributed by atoms with Gasteiger partial charge in [-0.2, -0.15) is 0 Å². The molecule has 14 heavy (non-hydrogen) atoms. The highest BCUT2D eigenvalue weighted by molar-refractivity contribution is 6.56. The van der Waals surface area contributed by atoms with Crippen molar-refractivity contribution in [2.45, 2.75) is 0 Å². The van der Waals surface area contributed by atoms with Crippen LogP contribution < -0.4 is 0 Å². The molecule has 0 saturated heterocycles. The molecule has 1 nitrogen and oxygen atoms in total. The molecule has 1 rings (SSSR count). The average Bonchev–Trinajstić information content (AvgIpc) is 2.18. The second kappa shape index (κ2) is 5.63. The van der Waals surface area contributed by atoms with E-state index in [1.165, 1.54) is 18.2 Å². The molecular formula is C11H8Cl2O. The van der Waals surface area contributed by atoms with Crippen molar-refractivity contribution in [3.05, 3.63) is 58.6 Å². The standard InChI is InChI=1S/C11H8Cl2O/c12-11(13)8-4-7-10(14)9-5-2-1-3-6-9/h1-8H/b7-4-. The van der Waals surface area contributed by atoms with E-state index in [9.17, 15) is 4.79 Å². The van der Waals surface area contributed by atoms with Crippen LogP contribution in [-0.4, -0.2) is 5.78 Å². The van der Waals surface area contributed by atoms with E-state index in [2.05, 4.69) is 0 Å². The molecular weight excluding hydrogens is 219 g/mol. The Hall–Kier alpha value is -1.05. The number of allylic oxidation sites excluding steroid dienone is 3. The van der Waals surface area contributed by atoms with Crippen LogP contribution in [0, 0.1) is 0 Å². The summed E-state index contributed by atoms with van der Waals surface area (Å²) in [5, 5.41) is 0. The Balaban J connectivity index is 2.69. The van der Waals surface area contributed by atoms with E-state index in [-0.39, 0.29) is 10.3 Å². The fraction of sp³-hybridized carbons (Fsp3) is 0. The van der Waals surface area contributed by atoms with E-state index in [0.717, 1.165) is 0 Å². The lowest BCUT2D eigenvalue weighted by Crippen LogP contribution is -1.92. The maximum Gasteiger partial charge on any atom is 0.185 e. The van der Waals surface area contributed by atoms with Gasteiger partial charge in [0.05, 0.1) is 0 Å². The fourth-order valence-corrected chi connectivity index (χ4v) is 1.05. The van der Waals surface area contributed by atoms with Crippen LogP contribution in [0.4, 0.5) is 0 Å². The first-order valence-electron chi connectivity index (χ1n) is 3.99. The maximum atomic E-state index is 11.4. The smallest absolute Gasteiger partial charge is 0.185 e. The number of ketones is 1. The van der Waals surface area contributed by atoms with Gasteiger partial charge in [-0.05, 0) is 12.2 Å². The molecule has 0 heterocycles. The van der Waals surface area contributed by atoms with E-state index in [0.29, 0.717) is 5.56 Å². The molecule has 1 aromatic carbocycles. The largest absolute Gasteiger partial charge is 0.289 e. The molecule has 0 unspecified atom stereocenters. The van der Waals surface area contributed by atoms with Crippen molar-refractivity contribution in [1.29, 1.82) is 0 Å². The van der Waals surface area contributed by atoms with Crippen LogP contribution in [0.1, 0.15) is 10.4 Å². The van der Waals surface area contributed by atoms with Crippen LogP contribution in [0.25, 0.3) is 0 Å². The number of hydrogen-bond donors (Lipinski definition) is 0. The normalized spacial score (nSPS) is 10.1. The molecule has 0 aromatic heterocycles. The molecule has 0 aliphatic rings. The van der Waals surface area contributed by atoms with Crippen molar-refractivity contribution >= 4 is 29.0 Å². The second-order valence-electron chi connectivity index (χ2n) is 2.55. The highest BCUT2D eigenvalue weighted by atomic mass is 35.5. The van der Waals surface area contributed by atoms with Gasteiger partial charge in [0.1, 0.15) is 4.49 Å². The van der Waals surface area contributed by atoms with Gasteiger partial charge in [0.2, 0.25) is 0 Å². The summed E-state index contributed by atoms with van der Waals surface area (Å²) < 4.78 is 0.127. The van der Waals surface area contributed by atoms with Gasteiger partial charge in [-0.25, -0.2) is 0 Å². The monoisotopic (exact) mass is 226 g/mol. The molecule has 0 spiro atoms. The summed E-state index contributed by atoms with van der Waals surface area (Å²) >= 11 is 10.7. The van der Waals surface area contributed by atoms with Gasteiger partial charge in [-0.1, -0.05) is 59.6 Å². The summed E-state index contributed by atoms with van der Waals surface area (Å²) in [6.45, 7) is 0. The fourth-order valence-electron chi connectivity index (χ4n) is 0.907. The van der Waals surface area contributed by atoms with E-state index in [1.54, 1.807) is 12.1 Å². The molecule has 0 aliphatic heterocycles. The van der Waals surface area contributed by atoms with Gasteiger partial charge < -0.3 is 0 Å². The second-order valence-corrected chi connectivity index (χ2v) is 3.55. The van der Waals surface area contributed by atoms with Crippen molar-refractivity contribution in [2.24, 2.45) is 0 Å². The molecule has 0 aliphatic carbocycles. The van der Waals surface area contributed by atoms with Crippen molar-refractivity contribution in [3.8, 4) is 0 Å². The Morgan fingerprint density at radius 3 is 2.36 bits per heavy atom. The predicted molar refractivity (Wildman–Crippen MR) is 59.7 cm³/mol. The molecule has 0 amide bonds. The lowest BCUT2D eigenvalue weighted by atomic mass is 10.1. The number of benzene rings is 1. The quantitative estimate of drug-likeness (QED) is 0.436. The molecule has 0 bridgehead atoms. The molecule has 3 heteroatoms. The van der Waals surface area contributed by atoms with Crippen LogP contribution in [0.5, 0.6) is 0 Å². The number of halogens is 2. The minimum Gasteiger partial charge on any atom is -0.289 e. The Bertz CT molecular complexity index is 362. The number of hydrogen-bond acceptors (Lipinski definition) is 1. The molecule has 0 saturated carbocycles. The topological polar surface area (TPSA) is 17.1 Å². The van der Waals surface area contributed by atoms with Crippen molar-refractivity contribution in [1.82, 2.24) is 0 Å². The van der Waals surface area contributed by atoms with Gasteiger partial charge in [0.25, 0.3) is 0 Å². The van der Waals surface area contributed by atoms with E-state index in [4.69, 9.17) is 23.2 Å². The average molecular weight is 227 g/mol. The van der Waals surface area contributed by atoms with E-state index < -0.39 is 0 Å². The zero-order valence-electron chi connectivity index (χ0n) is 7.28. The first-order valence-corrected chi connectivity index (χ1v) is 4.74. The Labute approximate surface area is 92.6 Å². The summed E-state index contributed by atoms with van der Waals surface area (Å²) in [4.78, 5) is 11.4. The number of rotatable bonds is 3. The van der Waals surface area contributed by atoms with Crippen molar-refractivity contribution in [2.75, 3.05) is 0 Å². The van der Waals surface area contributed by atoms with Crippen LogP contribution in [-0.2, 0) is 0 Å². The van der Waals surface area contributed by atoms with Crippen molar-refractivity contribution < 1.29 is 4.79 Å². The molecule has 1 aromatic rings. The summed E-state index contributed by atoms with van der Waals surface area (Å²) in [5.41, 5.74) is 0.642. The van der Waals surface area contributed by atoms with Gasteiger partial charge in [-0.15, -0.1) is 0 Å². The Kier molecular flexibility index (Phi) is 4.44. The summed E-state index contributed by atoms with van der Waals surface area (Å²) in [6.07, 6.45) is 4.38. The van der Waals surface area contributed by atoms with Gasteiger partial charge in [-0.3, -0.25) is 4.79 Å². The van der Waals surface area contributed by atoms with Gasteiger partial charge in [0.15, 0.2) is 5.78 Å². The SMILES string of the molecule is O=C(/C=C\C=C(Cl)Cl)c1ccccc1. The molecule has 0 atom stereocenters. The summed E-state index contributed by atoms with van der Waals surface area (Å²) in [7, 11) is 0. The van der Waals surface area contributed by atoms with Crippen LogP contribution in [0.3, 0.4) is 0 Å². The van der Waals surface area contributed by atoms with E-state index >= 15 is 0 Å². The molecule has 0 radical (unpaired) electrons. The third-order valence-electron chi connectivity index (χ3n) is 1.53. The minimum atomic E-state index is -0.0727. The van der Waals surface area contributed by atoms with Gasteiger partial charge >= 0.3 is 0 Å². The highest BCUT2D eigenvalue weighted by Crippen LogP contribution is 2.06. The summed E-state index contributed by atoms with van der Waals surface area (Å²) in [5.74, 6) is -0.0727. The lowest BCUT2D eigenvalue weighted by molar-refractivity contribution is 0.104. The number of carbonyl (C=O) groups excluding carboxylic acids is 1. The molecule has 0 fully saturated rings. The first kappa shape index (κ1) is 11.0. The van der Waals surface area contributed by atoms with E-state index in [1.807, 2.05) is 18.2 Å². The lowest BCUT2D eigenvalue weighted by Gasteiger charge is -1.92. The zero-order chi connectivity index (χ0) is 10.4. The third-order valence-corrected chi connectivity index (χ3v) is 1.78. The van der Waals surface area contributed by atoms with Crippen molar-refractivity contribution in [3.63, 3.8) is 0 Å². The first-order chi connectivity index (χ1) is 6.70. The Morgan fingerprint density at radius 2 is 1.79 bits per heavy atom. The Morgan fingerprint density at radius 1 is 1.14 bits per heavy atom. The minimum absolute atomic E-state index is 0.0727. The molecule has 0 N–H and O–H groups in total. The third kappa shape index (κ3) is 3.77.